The SMILES string of the molecule is CCC(=NOC)C(=O)NOCc1ccccc1C(=NOC)C(=O)OC. The third-order valence-electron chi connectivity index (χ3n) is 3.02. The van der Waals surface area contributed by atoms with Gasteiger partial charge in [0.1, 0.15) is 26.5 Å². The quantitative estimate of drug-likeness (QED) is 0.406. The number of ether oxygens (including phenoxy) is 1. The zero-order valence-corrected chi connectivity index (χ0v) is 14.6. The van der Waals surface area contributed by atoms with Gasteiger partial charge in [-0.3, -0.25) is 9.63 Å². The van der Waals surface area contributed by atoms with Crippen molar-refractivity contribution in [3.63, 3.8) is 0 Å². The molecule has 0 radical (unpaired) electrons. The predicted molar refractivity (Wildman–Crippen MR) is 89.7 cm³/mol. The maximum atomic E-state index is 11.9. The molecule has 9 heteroatoms. The van der Waals surface area contributed by atoms with Crippen LogP contribution in [0, 0.1) is 0 Å². The van der Waals surface area contributed by atoms with Crippen molar-refractivity contribution in [1.29, 1.82) is 0 Å². The fourth-order valence-electron chi connectivity index (χ4n) is 1.88. The lowest BCUT2D eigenvalue weighted by Crippen LogP contribution is -2.31. The van der Waals surface area contributed by atoms with E-state index in [1.165, 1.54) is 21.3 Å². The van der Waals surface area contributed by atoms with Gasteiger partial charge in [0.15, 0.2) is 5.71 Å². The molecule has 0 heterocycles. The van der Waals surface area contributed by atoms with Crippen LogP contribution in [0.2, 0.25) is 0 Å². The third kappa shape index (κ3) is 5.88. The van der Waals surface area contributed by atoms with E-state index in [-0.39, 0.29) is 18.0 Å². The maximum absolute atomic E-state index is 11.9. The number of hydroxylamine groups is 1. The van der Waals surface area contributed by atoms with Gasteiger partial charge in [0.2, 0.25) is 0 Å². The summed E-state index contributed by atoms with van der Waals surface area (Å²) in [6.07, 6.45) is 0.382. The van der Waals surface area contributed by atoms with Crippen LogP contribution in [-0.4, -0.2) is 44.6 Å². The number of methoxy groups -OCH3 is 1. The van der Waals surface area contributed by atoms with Crippen LogP contribution in [0.4, 0.5) is 0 Å². The van der Waals surface area contributed by atoms with Crippen LogP contribution in [0.25, 0.3) is 0 Å². The highest BCUT2D eigenvalue weighted by atomic mass is 16.7. The van der Waals surface area contributed by atoms with Gasteiger partial charge < -0.3 is 14.4 Å². The smallest absolute Gasteiger partial charge is 0.360 e. The number of carbonyl (C=O) groups excluding carboxylic acids is 2. The standard InChI is InChI=1S/C16H21N3O6/c1-5-13(17-23-3)15(20)19-25-10-11-8-6-7-9-12(11)14(18-24-4)16(21)22-2/h6-9H,5,10H2,1-4H3,(H,19,20). The van der Waals surface area contributed by atoms with Crippen LogP contribution in [0.3, 0.4) is 0 Å². The first-order valence-corrected chi connectivity index (χ1v) is 7.38. The Hall–Kier alpha value is -2.94. The molecule has 25 heavy (non-hydrogen) atoms. The summed E-state index contributed by atoms with van der Waals surface area (Å²) in [5, 5.41) is 7.30. The number of hydrogen-bond acceptors (Lipinski definition) is 8. The average Bonchev–Trinajstić information content (AvgIpc) is 2.64. The number of nitrogens with one attached hydrogen (secondary N) is 1. The molecular formula is C16H21N3O6. The number of hydrogen-bond donors (Lipinski definition) is 1. The summed E-state index contributed by atoms with van der Waals surface area (Å²) in [6, 6.07) is 6.88. The second kappa shape index (κ2) is 10.8. The fraction of sp³-hybridized carbons (Fsp3) is 0.375. The minimum Gasteiger partial charge on any atom is -0.464 e. The number of benzene rings is 1. The topological polar surface area (TPSA) is 108 Å². The molecule has 1 rings (SSSR count). The van der Waals surface area contributed by atoms with Crippen molar-refractivity contribution >= 4 is 23.3 Å². The molecule has 1 N–H and O–H groups in total. The van der Waals surface area contributed by atoms with Crippen molar-refractivity contribution in [1.82, 2.24) is 5.48 Å². The lowest BCUT2D eigenvalue weighted by molar-refractivity contribution is -0.133. The normalized spacial score (nSPS) is 11.7. The Morgan fingerprint density at radius 3 is 2.36 bits per heavy atom. The van der Waals surface area contributed by atoms with E-state index in [9.17, 15) is 9.59 Å². The summed E-state index contributed by atoms with van der Waals surface area (Å²) in [5.41, 5.74) is 3.52. The Bertz CT molecular complexity index is 657. The van der Waals surface area contributed by atoms with Gasteiger partial charge in [-0.2, -0.15) is 0 Å². The van der Waals surface area contributed by atoms with Crippen molar-refractivity contribution in [2.24, 2.45) is 10.3 Å². The molecule has 0 aliphatic rings. The summed E-state index contributed by atoms with van der Waals surface area (Å²) in [7, 11) is 3.92. The summed E-state index contributed by atoms with van der Waals surface area (Å²) in [5.74, 6) is -1.17. The average molecular weight is 351 g/mol. The Kier molecular flexibility index (Phi) is 8.66. The lowest BCUT2D eigenvalue weighted by Gasteiger charge is -2.11. The van der Waals surface area contributed by atoms with E-state index in [1.54, 1.807) is 31.2 Å². The number of carbonyl (C=O) groups is 2. The minimum atomic E-state index is -0.654. The molecule has 0 bridgehead atoms. The second-order valence-electron chi connectivity index (χ2n) is 4.57. The van der Waals surface area contributed by atoms with E-state index in [2.05, 4.69) is 20.6 Å². The molecule has 0 atom stereocenters. The van der Waals surface area contributed by atoms with Crippen LogP contribution in [0.1, 0.15) is 24.5 Å². The molecule has 0 saturated carbocycles. The van der Waals surface area contributed by atoms with E-state index in [1.807, 2.05) is 0 Å². The highest BCUT2D eigenvalue weighted by Crippen LogP contribution is 2.12. The van der Waals surface area contributed by atoms with Gasteiger partial charge in [0, 0.05) is 5.56 Å². The van der Waals surface area contributed by atoms with Gasteiger partial charge >= 0.3 is 5.97 Å². The molecule has 0 spiro atoms. The van der Waals surface area contributed by atoms with Crippen LogP contribution in [0.5, 0.6) is 0 Å². The predicted octanol–water partition coefficient (Wildman–Crippen LogP) is 1.17. The summed E-state index contributed by atoms with van der Waals surface area (Å²) >= 11 is 0. The van der Waals surface area contributed by atoms with E-state index in [0.717, 1.165) is 0 Å². The van der Waals surface area contributed by atoms with Crippen LogP contribution >= 0.6 is 0 Å². The van der Waals surface area contributed by atoms with Crippen molar-refractivity contribution < 1.29 is 28.8 Å². The largest absolute Gasteiger partial charge is 0.464 e. The number of esters is 1. The van der Waals surface area contributed by atoms with Crippen molar-refractivity contribution in [2.75, 3.05) is 21.3 Å². The molecule has 9 nitrogen and oxygen atoms in total. The van der Waals surface area contributed by atoms with Crippen molar-refractivity contribution in [2.45, 2.75) is 20.0 Å². The summed E-state index contributed by atoms with van der Waals surface area (Å²) in [6.45, 7) is 1.75. The molecule has 1 aromatic carbocycles. The highest BCUT2D eigenvalue weighted by Gasteiger charge is 2.19. The van der Waals surface area contributed by atoms with Crippen LogP contribution in [0.15, 0.2) is 34.6 Å². The maximum Gasteiger partial charge on any atom is 0.360 e. The minimum absolute atomic E-state index is 0.00832. The monoisotopic (exact) mass is 351 g/mol. The molecule has 0 aliphatic heterocycles. The van der Waals surface area contributed by atoms with Gasteiger partial charge in [-0.05, 0) is 12.0 Å². The Balaban J connectivity index is 2.87. The van der Waals surface area contributed by atoms with Gasteiger partial charge in [-0.25, -0.2) is 10.3 Å². The first-order chi connectivity index (χ1) is 12.1. The van der Waals surface area contributed by atoms with Crippen molar-refractivity contribution in [3.8, 4) is 0 Å². The van der Waals surface area contributed by atoms with Gasteiger partial charge in [0.05, 0.1) is 7.11 Å². The molecule has 0 saturated heterocycles. The van der Waals surface area contributed by atoms with E-state index in [0.29, 0.717) is 17.5 Å². The Labute approximate surface area is 145 Å². The first kappa shape index (κ1) is 20.1. The van der Waals surface area contributed by atoms with E-state index >= 15 is 0 Å². The molecular weight excluding hydrogens is 330 g/mol. The zero-order valence-electron chi connectivity index (χ0n) is 14.6. The number of amides is 1. The zero-order chi connectivity index (χ0) is 18.7. The fourth-order valence-corrected chi connectivity index (χ4v) is 1.88. The van der Waals surface area contributed by atoms with Gasteiger partial charge in [-0.15, -0.1) is 0 Å². The summed E-state index contributed by atoms with van der Waals surface area (Å²) in [4.78, 5) is 38.2. The molecule has 1 amide bonds. The second-order valence-corrected chi connectivity index (χ2v) is 4.57. The number of nitrogens with zero attached hydrogens (tertiary/aromatic N) is 2. The Morgan fingerprint density at radius 2 is 1.76 bits per heavy atom. The molecule has 0 unspecified atom stereocenters. The van der Waals surface area contributed by atoms with Gasteiger partial charge in [-0.1, -0.05) is 41.5 Å². The molecule has 0 aliphatic carbocycles. The van der Waals surface area contributed by atoms with Crippen molar-refractivity contribution in [3.05, 3.63) is 35.4 Å². The van der Waals surface area contributed by atoms with Crippen LogP contribution in [-0.2, 0) is 35.4 Å². The highest BCUT2D eigenvalue weighted by molar-refractivity contribution is 6.43. The summed E-state index contributed by atoms with van der Waals surface area (Å²) < 4.78 is 4.70. The molecule has 136 valence electrons. The lowest BCUT2D eigenvalue weighted by atomic mass is 10.0. The Morgan fingerprint density at radius 1 is 1.08 bits per heavy atom. The van der Waals surface area contributed by atoms with E-state index in [4.69, 9.17) is 14.4 Å². The van der Waals surface area contributed by atoms with Crippen LogP contribution < -0.4 is 5.48 Å². The molecule has 0 fully saturated rings. The third-order valence-corrected chi connectivity index (χ3v) is 3.02. The number of oxime groups is 2. The number of rotatable bonds is 9. The molecule has 1 aromatic rings. The van der Waals surface area contributed by atoms with Gasteiger partial charge in [0.25, 0.3) is 5.91 Å². The molecule has 0 aromatic heterocycles. The van der Waals surface area contributed by atoms with E-state index < -0.39 is 11.9 Å². The first-order valence-electron chi connectivity index (χ1n) is 7.38.